The zero-order valence-corrected chi connectivity index (χ0v) is 14.8. The fourth-order valence-electron chi connectivity index (χ4n) is 2.07. The first kappa shape index (κ1) is 15.2. The number of nitrogens with one attached hydrogen (secondary N) is 1. The molecule has 1 aromatic heterocycles. The average Bonchev–Trinajstić information content (AvgIpc) is 3.00. The first-order valence-electron chi connectivity index (χ1n) is 6.54. The lowest BCUT2D eigenvalue weighted by Crippen LogP contribution is -1.98. The predicted octanol–water partition coefficient (Wildman–Crippen LogP) is 4.28. The Morgan fingerprint density at radius 1 is 1.14 bits per heavy atom. The molecule has 0 spiro atoms. The molecule has 0 aliphatic carbocycles. The van der Waals surface area contributed by atoms with Gasteiger partial charge in [0.1, 0.15) is 12.4 Å². The number of hydrogen-bond donors (Lipinski definition) is 1. The Morgan fingerprint density at radius 3 is 2.55 bits per heavy atom. The maximum absolute atomic E-state index is 5.92. The molecule has 0 saturated heterocycles. The molecule has 0 bridgehead atoms. The number of H-pyrrole nitrogens is 1. The quantitative estimate of drug-likeness (QED) is 0.680. The van der Waals surface area contributed by atoms with Gasteiger partial charge in [-0.3, -0.25) is 0 Å². The van der Waals surface area contributed by atoms with Crippen molar-refractivity contribution in [3.63, 3.8) is 0 Å². The van der Waals surface area contributed by atoms with Gasteiger partial charge in [0.2, 0.25) is 5.82 Å². The van der Waals surface area contributed by atoms with Gasteiger partial charge in [0.15, 0.2) is 0 Å². The Balaban J connectivity index is 1.82. The van der Waals surface area contributed by atoms with Crippen molar-refractivity contribution in [3.8, 4) is 17.1 Å². The van der Waals surface area contributed by atoms with E-state index in [1.807, 2.05) is 24.3 Å². The van der Waals surface area contributed by atoms with Crippen LogP contribution in [0.25, 0.3) is 11.4 Å². The predicted molar refractivity (Wildman–Crippen MR) is 90.5 cm³/mol. The maximum Gasteiger partial charge on any atom is 0.204 e. The van der Waals surface area contributed by atoms with E-state index in [1.165, 1.54) is 5.56 Å². The smallest absolute Gasteiger partial charge is 0.204 e. The van der Waals surface area contributed by atoms with E-state index < -0.39 is 0 Å². The second-order valence-corrected chi connectivity index (χ2v) is 6.49. The minimum atomic E-state index is 0.500. The highest BCUT2D eigenvalue weighted by atomic mass is 79.9. The second-order valence-electron chi connectivity index (χ2n) is 4.78. The number of aromatic nitrogens is 4. The lowest BCUT2D eigenvalue weighted by Gasteiger charge is -2.12. The molecule has 22 heavy (non-hydrogen) atoms. The third kappa shape index (κ3) is 3.36. The zero-order chi connectivity index (χ0) is 15.5. The van der Waals surface area contributed by atoms with Crippen LogP contribution >= 0.6 is 31.9 Å². The lowest BCUT2D eigenvalue weighted by molar-refractivity contribution is 0.302. The number of nitrogens with zero attached hydrogens (tertiary/aromatic N) is 3. The van der Waals surface area contributed by atoms with Gasteiger partial charge < -0.3 is 4.74 Å². The van der Waals surface area contributed by atoms with Crippen LogP contribution in [0.4, 0.5) is 0 Å². The first-order chi connectivity index (χ1) is 10.6. The molecule has 0 radical (unpaired) electrons. The van der Waals surface area contributed by atoms with Crippen molar-refractivity contribution in [2.24, 2.45) is 0 Å². The topological polar surface area (TPSA) is 63.7 Å². The van der Waals surface area contributed by atoms with E-state index in [4.69, 9.17) is 4.74 Å². The number of rotatable bonds is 4. The van der Waals surface area contributed by atoms with Crippen molar-refractivity contribution >= 4 is 31.9 Å². The van der Waals surface area contributed by atoms with Crippen LogP contribution in [0.5, 0.6) is 5.75 Å². The lowest BCUT2D eigenvalue weighted by atomic mass is 10.1. The van der Waals surface area contributed by atoms with Crippen molar-refractivity contribution in [1.82, 2.24) is 20.6 Å². The normalized spacial score (nSPS) is 10.7. The standard InChI is InChI=1S/C15H12Br2N4O/c1-9-3-2-4-10(5-9)8-22-14-12(16)6-11(7-13(14)17)15-18-20-21-19-15/h2-7H,8H2,1H3,(H,18,19,20,21). The summed E-state index contributed by atoms with van der Waals surface area (Å²) >= 11 is 7.06. The van der Waals surface area contributed by atoms with Crippen molar-refractivity contribution < 1.29 is 4.74 Å². The monoisotopic (exact) mass is 422 g/mol. The molecule has 7 heteroatoms. The summed E-state index contributed by atoms with van der Waals surface area (Å²) < 4.78 is 7.58. The fraction of sp³-hybridized carbons (Fsp3) is 0.133. The molecule has 0 saturated carbocycles. The Hall–Kier alpha value is -1.73. The highest BCUT2D eigenvalue weighted by molar-refractivity contribution is 9.11. The van der Waals surface area contributed by atoms with Crippen molar-refractivity contribution in [3.05, 3.63) is 56.5 Å². The van der Waals surface area contributed by atoms with E-state index in [2.05, 4.69) is 71.5 Å². The summed E-state index contributed by atoms with van der Waals surface area (Å²) in [6.45, 7) is 2.56. The maximum atomic E-state index is 5.92. The summed E-state index contributed by atoms with van der Waals surface area (Å²) in [5.41, 5.74) is 3.18. The molecule has 112 valence electrons. The Kier molecular flexibility index (Phi) is 4.54. The molecule has 1 N–H and O–H groups in total. The summed E-state index contributed by atoms with van der Waals surface area (Å²) in [4.78, 5) is 0. The van der Waals surface area contributed by atoms with E-state index >= 15 is 0 Å². The molecule has 0 atom stereocenters. The molecular weight excluding hydrogens is 412 g/mol. The first-order valence-corrected chi connectivity index (χ1v) is 8.13. The second kappa shape index (κ2) is 6.58. The Morgan fingerprint density at radius 2 is 1.91 bits per heavy atom. The molecule has 3 rings (SSSR count). The average molecular weight is 424 g/mol. The molecule has 3 aromatic rings. The van der Waals surface area contributed by atoms with Gasteiger partial charge >= 0.3 is 0 Å². The van der Waals surface area contributed by atoms with Crippen LogP contribution < -0.4 is 4.74 Å². The van der Waals surface area contributed by atoms with Gasteiger partial charge in [0.05, 0.1) is 8.95 Å². The van der Waals surface area contributed by atoms with E-state index in [0.717, 1.165) is 25.8 Å². The highest BCUT2D eigenvalue weighted by Crippen LogP contribution is 2.37. The molecule has 0 aliphatic rings. The Labute approximate surface area is 144 Å². The molecule has 0 unspecified atom stereocenters. The van der Waals surface area contributed by atoms with Crippen LogP contribution in [0.15, 0.2) is 45.3 Å². The molecule has 5 nitrogen and oxygen atoms in total. The zero-order valence-electron chi connectivity index (χ0n) is 11.7. The van der Waals surface area contributed by atoms with Crippen LogP contribution in [0, 0.1) is 6.92 Å². The summed E-state index contributed by atoms with van der Waals surface area (Å²) in [7, 11) is 0. The van der Waals surface area contributed by atoms with E-state index in [1.54, 1.807) is 0 Å². The largest absolute Gasteiger partial charge is 0.487 e. The number of ether oxygens (including phenoxy) is 1. The van der Waals surface area contributed by atoms with Crippen LogP contribution in [0.1, 0.15) is 11.1 Å². The molecule has 1 heterocycles. The van der Waals surface area contributed by atoms with E-state index in [9.17, 15) is 0 Å². The molecular formula is C15H12Br2N4O. The third-order valence-corrected chi connectivity index (χ3v) is 4.25. The summed E-state index contributed by atoms with van der Waals surface area (Å²) in [6, 6.07) is 12.0. The van der Waals surface area contributed by atoms with Crippen molar-refractivity contribution in [2.75, 3.05) is 0 Å². The van der Waals surface area contributed by atoms with Crippen molar-refractivity contribution in [1.29, 1.82) is 0 Å². The van der Waals surface area contributed by atoms with Gasteiger partial charge in [-0.1, -0.05) is 29.8 Å². The van der Waals surface area contributed by atoms with Gasteiger partial charge in [-0.2, -0.15) is 5.21 Å². The molecule has 0 amide bonds. The summed E-state index contributed by atoms with van der Waals surface area (Å²) in [5.74, 6) is 1.28. The number of tetrazole rings is 1. The van der Waals surface area contributed by atoms with Gasteiger partial charge in [0.25, 0.3) is 0 Å². The number of halogens is 2. The van der Waals surface area contributed by atoms with Crippen LogP contribution in [0.3, 0.4) is 0 Å². The van der Waals surface area contributed by atoms with E-state index in [-0.39, 0.29) is 0 Å². The Bertz CT molecular complexity index is 767. The van der Waals surface area contributed by atoms with Crippen LogP contribution in [0.2, 0.25) is 0 Å². The summed E-state index contributed by atoms with van der Waals surface area (Å²) in [5, 5.41) is 14.0. The third-order valence-electron chi connectivity index (χ3n) is 3.07. The molecule has 2 aromatic carbocycles. The SMILES string of the molecule is Cc1cccc(COc2c(Br)cc(-c3nn[nH]n3)cc2Br)c1. The molecule has 0 fully saturated rings. The number of aryl methyl sites for hydroxylation is 1. The number of aromatic amines is 1. The van der Waals surface area contributed by atoms with Gasteiger partial charge in [0, 0.05) is 5.56 Å². The summed E-state index contributed by atoms with van der Waals surface area (Å²) in [6.07, 6.45) is 0. The molecule has 0 aliphatic heterocycles. The van der Waals surface area contributed by atoms with E-state index in [0.29, 0.717) is 12.4 Å². The fourth-order valence-corrected chi connectivity index (χ4v) is 3.48. The van der Waals surface area contributed by atoms with Crippen LogP contribution in [-0.2, 0) is 6.61 Å². The minimum Gasteiger partial charge on any atom is -0.487 e. The van der Waals surface area contributed by atoms with Gasteiger partial charge in [-0.25, -0.2) is 0 Å². The van der Waals surface area contributed by atoms with Gasteiger partial charge in [-0.05, 0) is 61.7 Å². The van der Waals surface area contributed by atoms with Gasteiger partial charge in [-0.15, -0.1) is 10.2 Å². The number of benzene rings is 2. The van der Waals surface area contributed by atoms with Crippen LogP contribution in [-0.4, -0.2) is 20.6 Å². The highest BCUT2D eigenvalue weighted by Gasteiger charge is 2.12. The van der Waals surface area contributed by atoms with Crippen molar-refractivity contribution in [2.45, 2.75) is 13.5 Å². The minimum absolute atomic E-state index is 0.500. The number of hydrogen-bond acceptors (Lipinski definition) is 4.